The molecule has 8 heteroatoms. The van der Waals surface area contributed by atoms with Gasteiger partial charge in [-0.15, -0.1) is 0 Å². The average molecular weight is 437 g/mol. The number of methoxy groups -OCH3 is 1. The minimum absolute atomic E-state index is 0.0126. The second-order valence-electron chi connectivity index (χ2n) is 7.48. The number of phenols is 4. The lowest BCUT2D eigenvalue weighted by atomic mass is 9.88. The van der Waals surface area contributed by atoms with E-state index in [4.69, 9.17) is 21.1 Å². The third kappa shape index (κ3) is 3.17. The standard InChI is InChI=1S/C22H25ClO7/c1-5-6-7-11-18(26)12(17(25)10(3)21(11)29-4)13-19(27)15(23)20(28)14-16(24)9(2)8-30-22(13)14/h9,25-28H,5-8H2,1-4H3. The maximum absolute atomic E-state index is 12.7. The molecule has 0 bridgehead atoms. The maximum Gasteiger partial charge on any atom is 0.176 e. The second kappa shape index (κ2) is 8.14. The average Bonchev–Trinajstić information content (AvgIpc) is 2.72. The Hall–Kier alpha value is -2.80. The van der Waals surface area contributed by atoms with Gasteiger partial charge in [-0.1, -0.05) is 31.9 Å². The zero-order valence-corrected chi connectivity index (χ0v) is 18.1. The molecule has 0 amide bonds. The molecule has 2 aromatic rings. The first-order chi connectivity index (χ1) is 14.2. The van der Waals surface area contributed by atoms with Gasteiger partial charge in [0.15, 0.2) is 11.5 Å². The zero-order chi connectivity index (χ0) is 22.3. The lowest BCUT2D eigenvalue weighted by molar-refractivity contribution is 0.0845. The molecule has 0 fully saturated rings. The van der Waals surface area contributed by atoms with Crippen LogP contribution in [0, 0.1) is 12.8 Å². The summed E-state index contributed by atoms with van der Waals surface area (Å²) in [6, 6.07) is 0. The first-order valence-corrected chi connectivity index (χ1v) is 10.1. The van der Waals surface area contributed by atoms with Gasteiger partial charge in [0.1, 0.15) is 39.3 Å². The van der Waals surface area contributed by atoms with Crippen molar-refractivity contribution < 1.29 is 34.7 Å². The SMILES string of the molecule is CCCCc1c(O)c(-c2c(O)c(Cl)c(O)c3c2OCC(C)C3=O)c(O)c(C)c1OC. The highest BCUT2D eigenvalue weighted by Crippen LogP contribution is 2.58. The third-order valence-corrected chi connectivity index (χ3v) is 5.84. The number of fused-ring (bicyclic) bond motifs is 1. The van der Waals surface area contributed by atoms with Crippen molar-refractivity contribution in [3.63, 3.8) is 0 Å². The van der Waals surface area contributed by atoms with Gasteiger partial charge in [0.05, 0.1) is 30.8 Å². The number of carbonyl (C=O) groups excluding carboxylic acids is 1. The summed E-state index contributed by atoms with van der Waals surface area (Å²) in [5.41, 5.74) is 0.347. The molecule has 0 aromatic heterocycles. The lowest BCUT2D eigenvalue weighted by Crippen LogP contribution is -2.26. The molecule has 1 atom stereocenters. The molecule has 3 rings (SSSR count). The number of phenolic OH excluding ortho intramolecular Hbond substituents is 4. The third-order valence-electron chi connectivity index (χ3n) is 5.48. The van der Waals surface area contributed by atoms with Crippen molar-refractivity contribution in [3.8, 4) is 45.6 Å². The van der Waals surface area contributed by atoms with E-state index < -0.39 is 28.2 Å². The van der Waals surface area contributed by atoms with Gasteiger partial charge in [-0.2, -0.15) is 0 Å². The highest BCUT2D eigenvalue weighted by atomic mass is 35.5. The number of aromatic hydroxyl groups is 4. The summed E-state index contributed by atoms with van der Waals surface area (Å²) in [7, 11) is 1.44. The summed E-state index contributed by atoms with van der Waals surface area (Å²) in [6.07, 6.45) is 2.07. The number of carbonyl (C=O) groups is 1. The van der Waals surface area contributed by atoms with Gasteiger partial charge in [0.2, 0.25) is 0 Å². The fourth-order valence-electron chi connectivity index (χ4n) is 3.80. The molecule has 7 nitrogen and oxygen atoms in total. The topological polar surface area (TPSA) is 116 Å². The van der Waals surface area contributed by atoms with Gasteiger partial charge in [0.25, 0.3) is 0 Å². The number of ether oxygens (including phenoxy) is 2. The fraction of sp³-hybridized carbons (Fsp3) is 0.409. The van der Waals surface area contributed by atoms with Gasteiger partial charge in [0, 0.05) is 11.1 Å². The Morgan fingerprint density at radius 1 is 1.07 bits per heavy atom. The van der Waals surface area contributed by atoms with Crippen LogP contribution < -0.4 is 9.47 Å². The van der Waals surface area contributed by atoms with Crippen LogP contribution in [0.1, 0.15) is 48.2 Å². The van der Waals surface area contributed by atoms with Crippen molar-refractivity contribution in [2.45, 2.75) is 40.0 Å². The molecule has 30 heavy (non-hydrogen) atoms. The van der Waals surface area contributed by atoms with Crippen LogP contribution >= 0.6 is 11.6 Å². The molecule has 1 aliphatic rings. The summed E-state index contributed by atoms with van der Waals surface area (Å²) in [6.45, 7) is 5.27. The molecular weight excluding hydrogens is 412 g/mol. The molecule has 1 heterocycles. The normalized spacial score (nSPS) is 15.6. The van der Waals surface area contributed by atoms with Crippen molar-refractivity contribution in [3.05, 3.63) is 21.7 Å². The van der Waals surface area contributed by atoms with Gasteiger partial charge < -0.3 is 29.9 Å². The predicted octanol–water partition coefficient (Wildman–Crippen LogP) is 4.70. The van der Waals surface area contributed by atoms with Crippen LogP contribution in [0.15, 0.2) is 0 Å². The van der Waals surface area contributed by atoms with Crippen LogP contribution in [0.3, 0.4) is 0 Å². The number of rotatable bonds is 5. The lowest BCUT2D eigenvalue weighted by Gasteiger charge is -2.27. The highest BCUT2D eigenvalue weighted by Gasteiger charge is 2.37. The molecule has 162 valence electrons. The van der Waals surface area contributed by atoms with Gasteiger partial charge in [-0.05, 0) is 19.8 Å². The number of hydrogen-bond acceptors (Lipinski definition) is 7. The Morgan fingerprint density at radius 2 is 1.70 bits per heavy atom. The first-order valence-electron chi connectivity index (χ1n) is 9.73. The number of halogens is 1. The van der Waals surface area contributed by atoms with E-state index >= 15 is 0 Å². The molecule has 0 saturated heterocycles. The van der Waals surface area contributed by atoms with E-state index in [-0.39, 0.29) is 40.5 Å². The number of hydrogen-bond donors (Lipinski definition) is 4. The van der Waals surface area contributed by atoms with Gasteiger partial charge in [-0.3, -0.25) is 4.79 Å². The van der Waals surface area contributed by atoms with Crippen LogP contribution in [0.2, 0.25) is 5.02 Å². The zero-order valence-electron chi connectivity index (χ0n) is 17.3. The smallest absolute Gasteiger partial charge is 0.176 e. The number of ketones is 1. The summed E-state index contributed by atoms with van der Waals surface area (Å²) in [4.78, 5) is 12.7. The van der Waals surface area contributed by atoms with Crippen LogP contribution in [0.4, 0.5) is 0 Å². The molecular formula is C22H25ClO7. The Kier molecular flexibility index (Phi) is 5.94. The van der Waals surface area contributed by atoms with Crippen molar-refractivity contribution in [1.82, 2.24) is 0 Å². The molecule has 0 radical (unpaired) electrons. The minimum Gasteiger partial charge on any atom is -0.507 e. The Balaban J connectivity index is 2.44. The summed E-state index contributed by atoms with van der Waals surface area (Å²) in [5, 5.41) is 42.7. The van der Waals surface area contributed by atoms with E-state index in [1.165, 1.54) is 7.11 Å². The van der Waals surface area contributed by atoms with Crippen molar-refractivity contribution >= 4 is 17.4 Å². The molecule has 1 aliphatic heterocycles. The van der Waals surface area contributed by atoms with E-state index in [2.05, 4.69) is 0 Å². The summed E-state index contributed by atoms with van der Waals surface area (Å²) < 4.78 is 11.1. The summed E-state index contributed by atoms with van der Waals surface area (Å²) >= 11 is 6.11. The monoisotopic (exact) mass is 436 g/mol. The highest BCUT2D eigenvalue weighted by molar-refractivity contribution is 6.35. The Labute approximate surface area is 179 Å². The van der Waals surface area contributed by atoms with Gasteiger partial charge >= 0.3 is 0 Å². The molecule has 4 N–H and O–H groups in total. The number of benzene rings is 2. The first kappa shape index (κ1) is 21.9. The van der Waals surface area contributed by atoms with E-state index in [1.54, 1.807) is 13.8 Å². The fourth-order valence-corrected chi connectivity index (χ4v) is 3.99. The number of unbranched alkanes of at least 4 members (excludes halogenated alkanes) is 1. The van der Waals surface area contributed by atoms with Crippen LogP contribution in [0.5, 0.6) is 34.5 Å². The van der Waals surface area contributed by atoms with Gasteiger partial charge in [-0.25, -0.2) is 0 Å². The molecule has 1 unspecified atom stereocenters. The van der Waals surface area contributed by atoms with Crippen molar-refractivity contribution in [2.24, 2.45) is 5.92 Å². The van der Waals surface area contributed by atoms with Crippen LogP contribution in [0.25, 0.3) is 11.1 Å². The quantitative estimate of drug-likeness (QED) is 0.536. The minimum atomic E-state index is -0.605. The van der Waals surface area contributed by atoms with Crippen molar-refractivity contribution in [2.75, 3.05) is 13.7 Å². The Morgan fingerprint density at radius 3 is 2.30 bits per heavy atom. The largest absolute Gasteiger partial charge is 0.507 e. The number of Topliss-reactive ketones (excluding diaryl/α,β-unsaturated/α-hetero) is 1. The summed E-state index contributed by atoms with van der Waals surface area (Å²) in [5.74, 6) is -2.59. The Bertz CT molecular complexity index is 1030. The van der Waals surface area contributed by atoms with E-state index in [0.717, 1.165) is 12.8 Å². The molecule has 0 aliphatic carbocycles. The van der Waals surface area contributed by atoms with E-state index in [9.17, 15) is 25.2 Å². The molecule has 2 aromatic carbocycles. The molecule has 0 saturated carbocycles. The van der Waals surface area contributed by atoms with E-state index in [0.29, 0.717) is 23.3 Å². The molecule has 0 spiro atoms. The van der Waals surface area contributed by atoms with E-state index in [1.807, 2.05) is 6.92 Å². The van der Waals surface area contributed by atoms with Crippen LogP contribution in [-0.2, 0) is 6.42 Å². The van der Waals surface area contributed by atoms with Crippen LogP contribution in [-0.4, -0.2) is 39.9 Å². The predicted molar refractivity (Wildman–Crippen MR) is 112 cm³/mol. The van der Waals surface area contributed by atoms with Crippen molar-refractivity contribution in [1.29, 1.82) is 0 Å². The maximum atomic E-state index is 12.7. The second-order valence-corrected chi connectivity index (χ2v) is 7.86.